The SMILES string of the molecule is CC1Cc2ccccc2CN1S(=O)(=O)c1ccc(C(=O)O)cc1. The monoisotopic (exact) mass is 331 g/mol. The summed E-state index contributed by atoms with van der Waals surface area (Å²) in [6.45, 7) is 2.22. The Morgan fingerprint density at radius 2 is 1.70 bits per heavy atom. The quantitative estimate of drug-likeness (QED) is 0.938. The fourth-order valence-electron chi connectivity index (χ4n) is 2.88. The average molecular weight is 331 g/mol. The van der Waals surface area contributed by atoms with Crippen molar-refractivity contribution >= 4 is 16.0 Å². The Balaban J connectivity index is 1.95. The van der Waals surface area contributed by atoms with E-state index in [4.69, 9.17) is 5.11 Å². The third kappa shape index (κ3) is 2.87. The highest BCUT2D eigenvalue weighted by atomic mass is 32.2. The summed E-state index contributed by atoms with van der Waals surface area (Å²) in [6.07, 6.45) is 0.669. The van der Waals surface area contributed by atoms with Crippen LogP contribution in [0.1, 0.15) is 28.4 Å². The molecule has 2 aromatic carbocycles. The Bertz CT molecular complexity index is 843. The number of nitrogens with zero attached hydrogens (tertiary/aromatic N) is 1. The summed E-state index contributed by atoms with van der Waals surface area (Å²) < 4.78 is 27.2. The van der Waals surface area contributed by atoms with Crippen molar-refractivity contribution < 1.29 is 18.3 Å². The van der Waals surface area contributed by atoms with Crippen LogP contribution in [0.25, 0.3) is 0 Å². The number of sulfonamides is 1. The van der Waals surface area contributed by atoms with Crippen molar-refractivity contribution in [3.63, 3.8) is 0 Å². The van der Waals surface area contributed by atoms with E-state index in [1.165, 1.54) is 34.1 Å². The van der Waals surface area contributed by atoms with E-state index in [0.717, 1.165) is 5.56 Å². The van der Waals surface area contributed by atoms with Crippen molar-refractivity contribution in [1.82, 2.24) is 4.31 Å². The molecule has 120 valence electrons. The van der Waals surface area contributed by atoms with Crippen LogP contribution in [0.3, 0.4) is 0 Å². The van der Waals surface area contributed by atoms with E-state index in [1.54, 1.807) is 0 Å². The van der Waals surface area contributed by atoms with Gasteiger partial charge in [0.1, 0.15) is 0 Å². The van der Waals surface area contributed by atoms with Gasteiger partial charge in [-0.2, -0.15) is 4.31 Å². The number of hydrogen-bond donors (Lipinski definition) is 1. The van der Waals surface area contributed by atoms with E-state index in [9.17, 15) is 13.2 Å². The molecule has 0 spiro atoms. The Labute approximate surface area is 135 Å². The van der Waals surface area contributed by atoms with Crippen molar-refractivity contribution in [3.05, 3.63) is 65.2 Å². The lowest BCUT2D eigenvalue weighted by Crippen LogP contribution is -2.42. The molecule has 0 bridgehead atoms. The molecule has 1 N–H and O–H groups in total. The van der Waals surface area contributed by atoms with Gasteiger partial charge in [0.05, 0.1) is 10.5 Å². The topological polar surface area (TPSA) is 74.7 Å². The molecule has 0 amide bonds. The standard InChI is InChI=1S/C17H17NO4S/c1-12-10-14-4-2-3-5-15(14)11-18(12)23(21,22)16-8-6-13(7-9-16)17(19)20/h2-9,12H,10-11H2,1H3,(H,19,20). The number of carboxylic acid groups (broad SMARTS) is 1. The van der Waals surface area contributed by atoms with Crippen LogP contribution in [0, 0.1) is 0 Å². The second-order valence-corrected chi connectivity index (χ2v) is 7.59. The largest absolute Gasteiger partial charge is 0.478 e. The van der Waals surface area contributed by atoms with Gasteiger partial charge in [-0.1, -0.05) is 24.3 Å². The van der Waals surface area contributed by atoms with Crippen molar-refractivity contribution in [3.8, 4) is 0 Å². The molecule has 0 aliphatic carbocycles. The summed E-state index contributed by atoms with van der Waals surface area (Å²) in [7, 11) is -3.66. The van der Waals surface area contributed by atoms with Gasteiger partial charge in [0, 0.05) is 12.6 Å². The van der Waals surface area contributed by atoms with E-state index in [1.807, 2.05) is 31.2 Å². The molecule has 1 aliphatic heterocycles. The summed E-state index contributed by atoms with van der Waals surface area (Å²) in [5.74, 6) is -1.07. The van der Waals surface area contributed by atoms with Crippen molar-refractivity contribution in [1.29, 1.82) is 0 Å². The molecule has 1 atom stereocenters. The predicted molar refractivity (Wildman–Crippen MR) is 85.7 cm³/mol. The molecule has 3 rings (SSSR count). The number of rotatable bonds is 3. The van der Waals surface area contributed by atoms with Gasteiger partial charge in [-0.3, -0.25) is 0 Å². The molecular formula is C17H17NO4S. The number of carbonyl (C=O) groups is 1. The Hall–Kier alpha value is -2.18. The molecule has 0 saturated heterocycles. The molecule has 0 saturated carbocycles. The average Bonchev–Trinajstić information content (AvgIpc) is 2.54. The van der Waals surface area contributed by atoms with Crippen LogP contribution in [0.2, 0.25) is 0 Å². The van der Waals surface area contributed by atoms with E-state index < -0.39 is 16.0 Å². The summed E-state index contributed by atoms with van der Waals surface area (Å²) in [6, 6.07) is 13.0. The van der Waals surface area contributed by atoms with E-state index in [2.05, 4.69) is 0 Å². The van der Waals surface area contributed by atoms with E-state index >= 15 is 0 Å². The van der Waals surface area contributed by atoms with Gasteiger partial charge in [-0.15, -0.1) is 0 Å². The fraction of sp³-hybridized carbons (Fsp3) is 0.235. The van der Waals surface area contributed by atoms with Gasteiger partial charge >= 0.3 is 5.97 Å². The van der Waals surface area contributed by atoms with Crippen LogP contribution < -0.4 is 0 Å². The smallest absolute Gasteiger partial charge is 0.335 e. The molecule has 1 aliphatic rings. The third-order valence-corrected chi connectivity index (χ3v) is 6.13. The van der Waals surface area contributed by atoms with Gasteiger partial charge in [0.25, 0.3) is 0 Å². The second kappa shape index (κ2) is 5.79. The normalized spacial score (nSPS) is 18.4. The number of carboxylic acids is 1. The Kier molecular flexibility index (Phi) is 3.95. The second-order valence-electron chi connectivity index (χ2n) is 5.70. The van der Waals surface area contributed by atoms with E-state index in [-0.39, 0.29) is 16.5 Å². The molecule has 5 nitrogen and oxygen atoms in total. The van der Waals surface area contributed by atoms with Crippen LogP contribution in [-0.2, 0) is 23.0 Å². The predicted octanol–water partition coefficient (Wildman–Crippen LogP) is 2.52. The van der Waals surface area contributed by atoms with Crippen LogP contribution in [0.15, 0.2) is 53.4 Å². The first-order valence-corrected chi connectivity index (χ1v) is 8.75. The first-order chi connectivity index (χ1) is 10.9. The molecule has 6 heteroatoms. The minimum atomic E-state index is -3.66. The van der Waals surface area contributed by atoms with Gasteiger partial charge in [-0.05, 0) is 48.7 Å². The van der Waals surface area contributed by atoms with Crippen molar-refractivity contribution in [2.75, 3.05) is 0 Å². The minimum Gasteiger partial charge on any atom is -0.478 e. The van der Waals surface area contributed by atoms with Crippen LogP contribution in [0.4, 0.5) is 0 Å². The number of hydrogen-bond acceptors (Lipinski definition) is 3. The first kappa shape index (κ1) is 15.7. The molecule has 2 aromatic rings. The van der Waals surface area contributed by atoms with E-state index in [0.29, 0.717) is 13.0 Å². The highest BCUT2D eigenvalue weighted by molar-refractivity contribution is 7.89. The highest BCUT2D eigenvalue weighted by Gasteiger charge is 2.33. The number of benzene rings is 2. The lowest BCUT2D eigenvalue weighted by atomic mass is 9.97. The Morgan fingerprint density at radius 1 is 1.09 bits per heavy atom. The molecule has 23 heavy (non-hydrogen) atoms. The maximum atomic E-state index is 12.9. The minimum absolute atomic E-state index is 0.0704. The third-order valence-electron chi connectivity index (χ3n) is 4.16. The zero-order chi connectivity index (χ0) is 16.6. The lowest BCUT2D eigenvalue weighted by molar-refractivity contribution is 0.0696. The molecular weight excluding hydrogens is 314 g/mol. The van der Waals surface area contributed by atoms with Crippen molar-refractivity contribution in [2.45, 2.75) is 30.8 Å². The van der Waals surface area contributed by atoms with Crippen LogP contribution in [0.5, 0.6) is 0 Å². The molecule has 1 heterocycles. The summed E-state index contributed by atoms with van der Waals surface area (Å²) in [5.41, 5.74) is 2.25. The summed E-state index contributed by atoms with van der Waals surface area (Å²) in [5, 5.41) is 8.92. The maximum absolute atomic E-state index is 12.9. The highest BCUT2D eigenvalue weighted by Crippen LogP contribution is 2.28. The maximum Gasteiger partial charge on any atom is 0.335 e. The molecule has 0 aromatic heterocycles. The zero-order valence-electron chi connectivity index (χ0n) is 12.6. The van der Waals surface area contributed by atoms with Crippen LogP contribution in [-0.4, -0.2) is 29.8 Å². The fourth-order valence-corrected chi connectivity index (χ4v) is 4.49. The summed E-state index contributed by atoms with van der Waals surface area (Å²) >= 11 is 0. The molecule has 0 fully saturated rings. The van der Waals surface area contributed by atoms with Gasteiger partial charge in [0.15, 0.2) is 0 Å². The lowest BCUT2D eigenvalue weighted by Gasteiger charge is -2.33. The Morgan fingerprint density at radius 3 is 2.30 bits per heavy atom. The van der Waals surface area contributed by atoms with Gasteiger partial charge in [-0.25, -0.2) is 13.2 Å². The number of aromatic carboxylic acids is 1. The summed E-state index contributed by atoms with van der Waals surface area (Å²) in [4.78, 5) is 11.0. The first-order valence-electron chi connectivity index (χ1n) is 7.31. The van der Waals surface area contributed by atoms with Crippen LogP contribution >= 0.6 is 0 Å². The molecule has 1 unspecified atom stereocenters. The van der Waals surface area contributed by atoms with Gasteiger partial charge < -0.3 is 5.11 Å². The van der Waals surface area contributed by atoms with Gasteiger partial charge in [0.2, 0.25) is 10.0 Å². The molecule has 0 radical (unpaired) electrons. The number of fused-ring (bicyclic) bond motifs is 1. The zero-order valence-corrected chi connectivity index (χ0v) is 13.5. The van der Waals surface area contributed by atoms with Crippen molar-refractivity contribution in [2.24, 2.45) is 0 Å².